The van der Waals surface area contributed by atoms with E-state index in [0.29, 0.717) is 6.61 Å². The maximum atomic E-state index is 6.00. The molecule has 1 heterocycles. The van der Waals surface area contributed by atoms with Gasteiger partial charge in [0.15, 0.2) is 0 Å². The van der Waals surface area contributed by atoms with Gasteiger partial charge in [0.05, 0.1) is 12.2 Å². The van der Waals surface area contributed by atoms with Crippen LogP contribution in [0.2, 0.25) is 0 Å². The second kappa shape index (κ2) is 5.19. The number of hydrogen-bond donors (Lipinski definition) is 0. The SMILES string of the molecule is CC1(C)CCOC(C)(C(Br)Oc2ccccc2)O1. The van der Waals surface area contributed by atoms with Gasteiger partial charge < -0.3 is 14.2 Å². The highest BCUT2D eigenvalue weighted by molar-refractivity contribution is 9.09. The van der Waals surface area contributed by atoms with Crippen LogP contribution in [0.4, 0.5) is 0 Å². The number of para-hydroxylation sites is 1. The molecule has 100 valence electrons. The smallest absolute Gasteiger partial charge is 0.213 e. The zero-order chi connectivity index (χ0) is 13.2. The van der Waals surface area contributed by atoms with Crippen LogP contribution in [-0.2, 0) is 9.47 Å². The highest BCUT2D eigenvalue weighted by Gasteiger charge is 2.44. The van der Waals surface area contributed by atoms with Gasteiger partial charge in [-0.25, -0.2) is 0 Å². The van der Waals surface area contributed by atoms with Crippen molar-refractivity contribution in [3.05, 3.63) is 30.3 Å². The van der Waals surface area contributed by atoms with Gasteiger partial charge in [-0.2, -0.15) is 0 Å². The lowest BCUT2D eigenvalue weighted by molar-refractivity contribution is -0.323. The van der Waals surface area contributed by atoms with Gasteiger partial charge in [0.1, 0.15) is 5.75 Å². The molecule has 1 aromatic rings. The number of halogens is 1. The molecule has 0 aromatic heterocycles. The molecule has 1 saturated heterocycles. The first-order valence-corrected chi connectivity index (χ1v) is 7.03. The third-order valence-corrected chi connectivity index (χ3v) is 3.99. The van der Waals surface area contributed by atoms with Crippen molar-refractivity contribution >= 4 is 15.9 Å². The second-order valence-corrected chi connectivity index (χ2v) is 6.05. The predicted molar refractivity (Wildman–Crippen MR) is 73.9 cm³/mol. The van der Waals surface area contributed by atoms with Gasteiger partial charge in [0, 0.05) is 0 Å². The Kier molecular flexibility index (Phi) is 3.99. The van der Waals surface area contributed by atoms with Crippen LogP contribution < -0.4 is 4.74 Å². The zero-order valence-corrected chi connectivity index (χ0v) is 12.6. The molecule has 0 saturated carbocycles. The fourth-order valence-corrected chi connectivity index (χ4v) is 2.41. The summed E-state index contributed by atoms with van der Waals surface area (Å²) in [4.78, 5) is 0. The molecule has 0 aliphatic carbocycles. The summed E-state index contributed by atoms with van der Waals surface area (Å²) in [5.74, 6) is 0.00796. The second-order valence-electron chi connectivity index (χ2n) is 5.22. The van der Waals surface area contributed by atoms with Crippen LogP contribution >= 0.6 is 15.9 Å². The van der Waals surface area contributed by atoms with E-state index in [1.807, 2.05) is 37.3 Å². The van der Waals surface area contributed by atoms with E-state index in [9.17, 15) is 0 Å². The maximum absolute atomic E-state index is 6.00. The summed E-state index contributed by atoms with van der Waals surface area (Å²) >= 11 is 3.51. The Balaban J connectivity index is 2.05. The van der Waals surface area contributed by atoms with Crippen molar-refractivity contribution in [1.29, 1.82) is 0 Å². The molecule has 2 unspecified atom stereocenters. The summed E-state index contributed by atoms with van der Waals surface area (Å²) < 4.78 is 17.6. The molecule has 0 N–H and O–H groups in total. The Labute approximate surface area is 117 Å². The van der Waals surface area contributed by atoms with Gasteiger partial charge in [-0.1, -0.05) is 18.2 Å². The molecule has 18 heavy (non-hydrogen) atoms. The van der Waals surface area contributed by atoms with E-state index >= 15 is 0 Å². The quantitative estimate of drug-likeness (QED) is 0.796. The fourth-order valence-electron chi connectivity index (χ4n) is 1.97. The van der Waals surface area contributed by atoms with Crippen LogP contribution in [0.25, 0.3) is 0 Å². The number of alkyl halides is 1. The van der Waals surface area contributed by atoms with Crippen LogP contribution in [0.3, 0.4) is 0 Å². The number of hydrogen-bond acceptors (Lipinski definition) is 3. The van der Waals surface area contributed by atoms with Crippen LogP contribution in [-0.4, -0.2) is 23.0 Å². The van der Waals surface area contributed by atoms with Gasteiger partial charge in [0.25, 0.3) is 0 Å². The van der Waals surface area contributed by atoms with Crippen molar-refractivity contribution in [3.8, 4) is 5.75 Å². The van der Waals surface area contributed by atoms with E-state index < -0.39 is 5.79 Å². The Morgan fingerprint density at radius 3 is 2.50 bits per heavy atom. The highest BCUT2D eigenvalue weighted by Crippen LogP contribution is 2.36. The maximum Gasteiger partial charge on any atom is 0.213 e. The molecule has 1 aliphatic heterocycles. The lowest BCUT2D eigenvalue weighted by atomic mass is 10.0. The largest absolute Gasteiger partial charge is 0.474 e. The predicted octanol–water partition coefficient (Wildman–Crippen LogP) is 3.72. The first-order chi connectivity index (χ1) is 8.41. The van der Waals surface area contributed by atoms with E-state index in [-0.39, 0.29) is 10.6 Å². The molecule has 0 amide bonds. The first-order valence-electron chi connectivity index (χ1n) is 6.11. The summed E-state index contributed by atoms with van der Waals surface area (Å²) in [6.07, 6.45) is 0.883. The van der Waals surface area contributed by atoms with Gasteiger partial charge in [-0.15, -0.1) is 0 Å². The molecule has 2 rings (SSSR count). The minimum Gasteiger partial charge on any atom is -0.474 e. The Bertz CT molecular complexity index is 393. The standard InChI is InChI=1S/C14H19BrO3/c1-13(2)9-10-16-14(3,18-13)12(15)17-11-7-5-4-6-8-11/h4-8,12H,9-10H2,1-3H3. The van der Waals surface area contributed by atoms with Crippen molar-refractivity contribution in [3.63, 3.8) is 0 Å². The van der Waals surface area contributed by atoms with Gasteiger partial charge in [-0.3, -0.25) is 0 Å². The topological polar surface area (TPSA) is 27.7 Å². The number of ether oxygens (including phenoxy) is 3. The Hall–Kier alpha value is -0.580. The highest BCUT2D eigenvalue weighted by atomic mass is 79.9. The van der Waals surface area contributed by atoms with E-state index in [1.54, 1.807) is 0 Å². The Morgan fingerprint density at radius 2 is 1.89 bits per heavy atom. The summed E-state index contributed by atoms with van der Waals surface area (Å²) in [5.41, 5.74) is -0.195. The molecular formula is C14H19BrO3. The van der Waals surface area contributed by atoms with E-state index in [1.165, 1.54) is 0 Å². The fraction of sp³-hybridized carbons (Fsp3) is 0.571. The van der Waals surface area contributed by atoms with Crippen molar-refractivity contribution in [2.45, 2.75) is 43.6 Å². The van der Waals surface area contributed by atoms with Crippen LogP contribution in [0, 0.1) is 0 Å². The minimum absolute atomic E-state index is 0.195. The van der Waals surface area contributed by atoms with Crippen molar-refractivity contribution in [1.82, 2.24) is 0 Å². The van der Waals surface area contributed by atoms with Gasteiger partial charge in [0.2, 0.25) is 10.8 Å². The monoisotopic (exact) mass is 314 g/mol. The molecule has 0 spiro atoms. The first kappa shape index (κ1) is 13.8. The third-order valence-electron chi connectivity index (χ3n) is 2.97. The molecule has 0 radical (unpaired) electrons. The minimum atomic E-state index is -0.780. The van der Waals surface area contributed by atoms with Crippen molar-refractivity contribution in [2.24, 2.45) is 0 Å². The summed E-state index contributed by atoms with van der Waals surface area (Å²) in [7, 11) is 0. The zero-order valence-electron chi connectivity index (χ0n) is 11.0. The molecule has 3 nitrogen and oxygen atoms in total. The lowest BCUT2D eigenvalue weighted by Gasteiger charge is -2.44. The summed E-state index contributed by atoms with van der Waals surface area (Å²) in [5, 5.41) is -0.355. The summed E-state index contributed by atoms with van der Waals surface area (Å²) in [6, 6.07) is 9.64. The normalized spacial score (nSPS) is 28.7. The summed E-state index contributed by atoms with van der Waals surface area (Å²) in [6.45, 7) is 6.70. The van der Waals surface area contributed by atoms with E-state index in [2.05, 4.69) is 29.8 Å². The van der Waals surface area contributed by atoms with E-state index in [0.717, 1.165) is 12.2 Å². The Morgan fingerprint density at radius 1 is 1.22 bits per heavy atom. The number of benzene rings is 1. The average Bonchev–Trinajstić information content (AvgIpc) is 2.28. The molecule has 2 atom stereocenters. The molecule has 1 aromatic carbocycles. The van der Waals surface area contributed by atoms with Crippen molar-refractivity contribution in [2.75, 3.05) is 6.61 Å². The molecular weight excluding hydrogens is 296 g/mol. The van der Waals surface area contributed by atoms with Crippen molar-refractivity contribution < 1.29 is 14.2 Å². The molecule has 0 bridgehead atoms. The van der Waals surface area contributed by atoms with Gasteiger partial charge in [-0.05, 0) is 55.3 Å². The lowest BCUT2D eigenvalue weighted by Crippen LogP contribution is -2.53. The average molecular weight is 315 g/mol. The van der Waals surface area contributed by atoms with Crippen LogP contribution in [0.5, 0.6) is 5.75 Å². The molecule has 1 fully saturated rings. The molecule has 4 heteroatoms. The van der Waals surface area contributed by atoms with Gasteiger partial charge >= 0.3 is 0 Å². The van der Waals surface area contributed by atoms with Crippen LogP contribution in [0.15, 0.2) is 30.3 Å². The molecule has 1 aliphatic rings. The van der Waals surface area contributed by atoms with Crippen LogP contribution in [0.1, 0.15) is 27.2 Å². The number of rotatable bonds is 3. The third kappa shape index (κ3) is 3.25. The van der Waals surface area contributed by atoms with E-state index in [4.69, 9.17) is 14.2 Å².